The lowest BCUT2D eigenvalue weighted by molar-refractivity contribution is 0.112. The summed E-state index contributed by atoms with van der Waals surface area (Å²) in [5, 5.41) is 5.70. The smallest absolute Gasteiger partial charge is 0.319 e. The SMILES string of the molecule is O=C(NC[C@H]1CCCO1)Nc1ccccc1SCc1ccccc1F. The van der Waals surface area contributed by atoms with Crippen LogP contribution < -0.4 is 10.6 Å². The van der Waals surface area contributed by atoms with Gasteiger partial charge in [-0.15, -0.1) is 11.8 Å². The van der Waals surface area contributed by atoms with E-state index in [9.17, 15) is 9.18 Å². The van der Waals surface area contributed by atoms with Gasteiger partial charge in [-0.1, -0.05) is 30.3 Å². The fraction of sp³-hybridized carbons (Fsp3) is 0.316. The van der Waals surface area contributed by atoms with E-state index in [4.69, 9.17) is 4.74 Å². The number of amides is 2. The van der Waals surface area contributed by atoms with Crippen LogP contribution in [0.25, 0.3) is 0 Å². The molecule has 4 nitrogen and oxygen atoms in total. The Bertz CT molecular complexity index is 720. The summed E-state index contributed by atoms with van der Waals surface area (Å²) in [4.78, 5) is 13.0. The number of carbonyl (C=O) groups excluding carboxylic acids is 1. The molecule has 1 saturated heterocycles. The van der Waals surface area contributed by atoms with Gasteiger partial charge in [-0.3, -0.25) is 0 Å². The van der Waals surface area contributed by atoms with Crippen molar-refractivity contribution in [2.24, 2.45) is 0 Å². The summed E-state index contributed by atoms with van der Waals surface area (Å²) in [5.41, 5.74) is 1.36. The van der Waals surface area contributed by atoms with Gasteiger partial charge in [0.1, 0.15) is 5.82 Å². The standard InChI is InChI=1S/C19H21FN2O2S/c20-16-8-2-1-6-14(16)13-25-18-10-4-3-9-17(18)22-19(23)21-12-15-7-5-11-24-15/h1-4,6,8-10,15H,5,7,11-13H2,(H2,21,22,23)/t15-/m1/s1. The molecule has 2 amide bonds. The van der Waals surface area contributed by atoms with Gasteiger partial charge in [-0.05, 0) is 36.6 Å². The number of carbonyl (C=O) groups is 1. The van der Waals surface area contributed by atoms with Crippen LogP contribution in [0.1, 0.15) is 18.4 Å². The van der Waals surface area contributed by atoms with E-state index in [1.807, 2.05) is 30.3 Å². The molecule has 0 aromatic heterocycles. The van der Waals surface area contributed by atoms with Crippen LogP contribution in [-0.4, -0.2) is 25.3 Å². The Morgan fingerprint density at radius 1 is 1.20 bits per heavy atom. The van der Waals surface area contributed by atoms with Gasteiger partial charge >= 0.3 is 6.03 Å². The van der Waals surface area contributed by atoms with Crippen molar-refractivity contribution >= 4 is 23.5 Å². The van der Waals surface area contributed by atoms with Crippen LogP contribution in [-0.2, 0) is 10.5 Å². The topological polar surface area (TPSA) is 50.4 Å². The van der Waals surface area contributed by atoms with Crippen LogP contribution in [0, 0.1) is 5.82 Å². The number of nitrogens with one attached hydrogen (secondary N) is 2. The summed E-state index contributed by atoms with van der Waals surface area (Å²) in [7, 11) is 0. The highest BCUT2D eigenvalue weighted by Gasteiger charge is 2.16. The number of anilines is 1. The first-order valence-corrected chi connectivity index (χ1v) is 9.32. The number of hydrogen-bond acceptors (Lipinski definition) is 3. The Hall–Kier alpha value is -2.05. The molecule has 1 heterocycles. The highest BCUT2D eigenvalue weighted by molar-refractivity contribution is 7.98. The number of rotatable bonds is 6. The average molecular weight is 360 g/mol. The Morgan fingerprint density at radius 2 is 2.00 bits per heavy atom. The molecular formula is C19H21FN2O2S. The van der Waals surface area contributed by atoms with Crippen LogP contribution in [0.3, 0.4) is 0 Å². The molecule has 0 unspecified atom stereocenters. The highest BCUT2D eigenvalue weighted by Crippen LogP contribution is 2.30. The molecule has 1 atom stereocenters. The summed E-state index contributed by atoms with van der Waals surface area (Å²) >= 11 is 1.49. The number of hydrogen-bond donors (Lipinski definition) is 2. The lowest BCUT2D eigenvalue weighted by atomic mass is 10.2. The number of para-hydroxylation sites is 1. The zero-order valence-electron chi connectivity index (χ0n) is 13.8. The van der Waals surface area contributed by atoms with Crippen molar-refractivity contribution < 1.29 is 13.9 Å². The number of halogens is 1. The van der Waals surface area contributed by atoms with E-state index < -0.39 is 0 Å². The van der Waals surface area contributed by atoms with E-state index in [0.29, 0.717) is 23.5 Å². The fourth-order valence-corrected chi connectivity index (χ4v) is 3.64. The molecule has 0 saturated carbocycles. The maximum atomic E-state index is 13.7. The minimum absolute atomic E-state index is 0.108. The molecule has 25 heavy (non-hydrogen) atoms. The Morgan fingerprint density at radius 3 is 2.80 bits per heavy atom. The fourth-order valence-electron chi connectivity index (χ4n) is 2.65. The summed E-state index contributed by atoms with van der Waals surface area (Å²) < 4.78 is 19.2. The first kappa shape index (κ1) is 17.8. The minimum atomic E-state index is -0.255. The summed E-state index contributed by atoms with van der Waals surface area (Å²) in [6, 6.07) is 14.0. The third-order valence-electron chi connectivity index (χ3n) is 3.99. The van der Waals surface area contributed by atoms with Gasteiger partial charge in [0.05, 0.1) is 11.8 Å². The van der Waals surface area contributed by atoms with Crippen LogP contribution in [0.2, 0.25) is 0 Å². The molecule has 0 spiro atoms. The lowest BCUT2D eigenvalue weighted by Gasteiger charge is -2.14. The Labute approximate surface area is 151 Å². The quantitative estimate of drug-likeness (QED) is 0.750. The molecular weight excluding hydrogens is 339 g/mol. The van der Waals surface area contributed by atoms with E-state index in [1.165, 1.54) is 17.8 Å². The van der Waals surface area contributed by atoms with Crippen LogP contribution in [0.4, 0.5) is 14.9 Å². The minimum Gasteiger partial charge on any atom is -0.376 e. The normalized spacial score (nSPS) is 16.6. The number of ether oxygens (including phenoxy) is 1. The van der Waals surface area contributed by atoms with Gasteiger partial charge in [0.15, 0.2) is 0 Å². The largest absolute Gasteiger partial charge is 0.376 e. The van der Waals surface area contributed by atoms with Crippen molar-refractivity contribution in [2.45, 2.75) is 29.6 Å². The number of urea groups is 1. The maximum Gasteiger partial charge on any atom is 0.319 e. The van der Waals surface area contributed by atoms with Crippen molar-refractivity contribution in [1.29, 1.82) is 0 Å². The van der Waals surface area contributed by atoms with Gasteiger partial charge in [0, 0.05) is 23.8 Å². The molecule has 0 aliphatic carbocycles. The van der Waals surface area contributed by atoms with Gasteiger partial charge in [0.2, 0.25) is 0 Å². The van der Waals surface area contributed by atoms with Crippen molar-refractivity contribution in [3.63, 3.8) is 0 Å². The average Bonchev–Trinajstić information content (AvgIpc) is 3.14. The molecule has 1 aliphatic rings. The van der Waals surface area contributed by atoms with Crippen LogP contribution in [0.15, 0.2) is 53.4 Å². The van der Waals surface area contributed by atoms with Crippen molar-refractivity contribution in [1.82, 2.24) is 5.32 Å². The Kier molecular flexibility index (Phi) is 6.30. The molecule has 6 heteroatoms. The van der Waals surface area contributed by atoms with Gasteiger partial charge in [-0.2, -0.15) is 0 Å². The van der Waals surface area contributed by atoms with Gasteiger partial charge in [0.25, 0.3) is 0 Å². The van der Waals surface area contributed by atoms with E-state index in [0.717, 1.165) is 24.3 Å². The van der Waals surface area contributed by atoms with E-state index in [2.05, 4.69) is 10.6 Å². The second-order valence-electron chi connectivity index (χ2n) is 5.85. The molecule has 0 radical (unpaired) electrons. The first-order chi connectivity index (χ1) is 12.2. The maximum absolute atomic E-state index is 13.7. The lowest BCUT2D eigenvalue weighted by Crippen LogP contribution is -2.35. The van der Waals surface area contributed by atoms with Gasteiger partial charge in [-0.25, -0.2) is 9.18 Å². The second-order valence-corrected chi connectivity index (χ2v) is 6.86. The van der Waals surface area contributed by atoms with Crippen molar-refractivity contribution in [2.75, 3.05) is 18.5 Å². The molecule has 0 bridgehead atoms. The van der Waals surface area contributed by atoms with E-state index >= 15 is 0 Å². The second kappa shape index (κ2) is 8.87. The van der Waals surface area contributed by atoms with Crippen molar-refractivity contribution in [3.05, 3.63) is 59.9 Å². The predicted octanol–water partition coefficient (Wildman–Crippen LogP) is 4.42. The molecule has 2 aromatic rings. The zero-order chi connectivity index (χ0) is 17.5. The van der Waals surface area contributed by atoms with Crippen molar-refractivity contribution in [3.8, 4) is 0 Å². The molecule has 2 N–H and O–H groups in total. The predicted molar refractivity (Wildman–Crippen MR) is 98.4 cm³/mol. The molecule has 132 valence electrons. The first-order valence-electron chi connectivity index (χ1n) is 8.34. The van der Waals surface area contributed by atoms with E-state index in [1.54, 1.807) is 12.1 Å². The third-order valence-corrected chi connectivity index (χ3v) is 5.11. The third kappa shape index (κ3) is 5.21. The molecule has 1 aliphatic heterocycles. The summed E-state index contributed by atoms with van der Waals surface area (Å²) in [5.74, 6) is 0.290. The Balaban J connectivity index is 1.56. The monoisotopic (exact) mass is 360 g/mol. The van der Waals surface area contributed by atoms with Crippen LogP contribution >= 0.6 is 11.8 Å². The van der Waals surface area contributed by atoms with Crippen LogP contribution in [0.5, 0.6) is 0 Å². The molecule has 3 rings (SSSR count). The number of thioether (sulfide) groups is 1. The molecule has 2 aromatic carbocycles. The highest BCUT2D eigenvalue weighted by atomic mass is 32.2. The van der Waals surface area contributed by atoms with E-state index in [-0.39, 0.29) is 18.0 Å². The zero-order valence-corrected chi connectivity index (χ0v) is 14.7. The number of benzene rings is 2. The summed E-state index contributed by atoms with van der Waals surface area (Å²) in [6.07, 6.45) is 2.13. The van der Waals surface area contributed by atoms with Gasteiger partial charge < -0.3 is 15.4 Å². The molecule has 1 fully saturated rings. The summed E-state index contributed by atoms with van der Waals surface area (Å²) in [6.45, 7) is 1.28.